The second-order valence-corrected chi connectivity index (χ2v) is 5.46. The molecule has 0 saturated carbocycles. The fourth-order valence-corrected chi connectivity index (χ4v) is 2.43. The summed E-state index contributed by atoms with van der Waals surface area (Å²) >= 11 is 0. The molecule has 1 aromatic heterocycles. The number of nitrogens with two attached hydrogens (primary N) is 1. The first-order valence-corrected chi connectivity index (χ1v) is 7.24. The van der Waals surface area contributed by atoms with E-state index in [4.69, 9.17) is 5.73 Å². The number of anilines is 2. The summed E-state index contributed by atoms with van der Waals surface area (Å²) in [5.41, 5.74) is 11.2. The molecule has 0 spiro atoms. The van der Waals surface area contributed by atoms with Crippen molar-refractivity contribution >= 4 is 34.4 Å². The second kappa shape index (κ2) is 5.90. The first-order chi connectivity index (χ1) is 10.6. The number of pyridine rings is 1. The van der Waals surface area contributed by atoms with E-state index in [1.165, 1.54) is 0 Å². The average Bonchev–Trinajstić information content (AvgIpc) is 2.53. The minimum atomic E-state index is 0.779. The van der Waals surface area contributed by atoms with Crippen molar-refractivity contribution in [3.63, 3.8) is 0 Å². The van der Waals surface area contributed by atoms with Crippen LogP contribution in [0.1, 0.15) is 11.1 Å². The molecule has 0 fully saturated rings. The predicted octanol–water partition coefficient (Wildman–Crippen LogP) is 4.05. The minimum absolute atomic E-state index is 0.779. The molecule has 0 radical (unpaired) electrons. The molecule has 2 aromatic carbocycles. The molecule has 110 valence electrons. The van der Waals surface area contributed by atoms with Crippen LogP contribution in [0.3, 0.4) is 0 Å². The van der Waals surface area contributed by atoms with E-state index in [1.54, 1.807) is 0 Å². The van der Waals surface area contributed by atoms with Crippen LogP contribution < -0.4 is 10.6 Å². The molecule has 2 N–H and O–H groups in total. The molecule has 0 aliphatic heterocycles. The molecule has 0 aliphatic carbocycles. The van der Waals surface area contributed by atoms with E-state index in [1.807, 2.05) is 61.6 Å². The van der Waals surface area contributed by atoms with E-state index >= 15 is 0 Å². The van der Waals surface area contributed by atoms with Gasteiger partial charge in [-0.15, -0.1) is 0 Å². The topological polar surface area (TPSA) is 42.2 Å². The molecule has 0 unspecified atom stereocenters. The van der Waals surface area contributed by atoms with Crippen LogP contribution in [0, 0.1) is 0 Å². The lowest BCUT2D eigenvalue weighted by molar-refractivity contribution is 1.13. The van der Waals surface area contributed by atoms with Crippen molar-refractivity contribution in [3.8, 4) is 0 Å². The number of aromatic nitrogens is 1. The Morgan fingerprint density at radius 3 is 2.50 bits per heavy atom. The molecular weight excluding hydrogens is 270 g/mol. The third kappa shape index (κ3) is 2.79. The van der Waals surface area contributed by atoms with Gasteiger partial charge in [0, 0.05) is 37.1 Å². The molecular formula is C19H19N3. The van der Waals surface area contributed by atoms with Crippen molar-refractivity contribution in [2.24, 2.45) is 0 Å². The summed E-state index contributed by atoms with van der Waals surface area (Å²) in [6.07, 6.45) is 5.97. The number of benzene rings is 2. The standard InChI is InChI=1S/C19H19N3/c1-22(2)16-10-9-15(18(20)13-16)8-7-14-11-12-21-19-6-4-3-5-17(14)19/h3-13H,20H2,1-2H3/b8-7+. The molecule has 0 bridgehead atoms. The van der Waals surface area contributed by atoms with Crippen molar-refractivity contribution in [2.45, 2.75) is 0 Å². The third-order valence-electron chi connectivity index (χ3n) is 3.71. The average molecular weight is 289 g/mol. The normalized spacial score (nSPS) is 11.2. The van der Waals surface area contributed by atoms with Crippen LogP contribution in [0.5, 0.6) is 0 Å². The van der Waals surface area contributed by atoms with Gasteiger partial charge in [0.15, 0.2) is 0 Å². The Bertz CT molecular complexity index is 830. The summed E-state index contributed by atoms with van der Waals surface area (Å²) in [4.78, 5) is 6.42. The molecule has 3 nitrogen and oxygen atoms in total. The number of nitrogen functional groups attached to an aromatic ring is 1. The van der Waals surface area contributed by atoms with Crippen molar-refractivity contribution < 1.29 is 0 Å². The summed E-state index contributed by atoms with van der Waals surface area (Å²) in [5, 5.41) is 1.14. The van der Waals surface area contributed by atoms with Gasteiger partial charge in [-0.2, -0.15) is 0 Å². The molecule has 22 heavy (non-hydrogen) atoms. The zero-order valence-corrected chi connectivity index (χ0v) is 12.8. The van der Waals surface area contributed by atoms with Gasteiger partial charge in [0.1, 0.15) is 0 Å². The Balaban J connectivity index is 1.96. The van der Waals surface area contributed by atoms with Gasteiger partial charge in [-0.3, -0.25) is 4.98 Å². The zero-order valence-electron chi connectivity index (χ0n) is 12.8. The first-order valence-electron chi connectivity index (χ1n) is 7.24. The molecule has 3 rings (SSSR count). The van der Waals surface area contributed by atoms with Crippen molar-refractivity contribution in [1.29, 1.82) is 0 Å². The Morgan fingerprint density at radius 2 is 1.73 bits per heavy atom. The number of para-hydroxylation sites is 1. The maximum Gasteiger partial charge on any atom is 0.0707 e. The number of hydrogen-bond donors (Lipinski definition) is 1. The zero-order chi connectivity index (χ0) is 15.5. The lowest BCUT2D eigenvalue weighted by atomic mass is 10.1. The summed E-state index contributed by atoms with van der Waals surface area (Å²) in [5.74, 6) is 0. The summed E-state index contributed by atoms with van der Waals surface area (Å²) in [6.45, 7) is 0. The van der Waals surface area contributed by atoms with Gasteiger partial charge in [-0.25, -0.2) is 0 Å². The molecule has 3 heteroatoms. The van der Waals surface area contributed by atoms with Gasteiger partial charge >= 0.3 is 0 Å². The van der Waals surface area contributed by atoms with Gasteiger partial charge in [0.25, 0.3) is 0 Å². The summed E-state index contributed by atoms with van der Waals surface area (Å²) < 4.78 is 0. The highest BCUT2D eigenvalue weighted by molar-refractivity contribution is 5.91. The molecule has 0 saturated heterocycles. The summed E-state index contributed by atoms with van der Waals surface area (Å²) in [6, 6.07) is 16.3. The Kier molecular flexibility index (Phi) is 3.79. The monoisotopic (exact) mass is 289 g/mol. The van der Waals surface area contributed by atoms with Crippen LogP contribution in [0.15, 0.2) is 54.7 Å². The lowest BCUT2D eigenvalue weighted by Gasteiger charge is -2.13. The van der Waals surface area contributed by atoms with Crippen LogP contribution in [0.2, 0.25) is 0 Å². The van der Waals surface area contributed by atoms with E-state index in [2.05, 4.69) is 29.3 Å². The predicted molar refractivity (Wildman–Crippen MR) is 95.9 cm³/mol. The van der Waals surface area contributed by atoms with Crippen LogP contribution in [0.25, 0.3) is 23.1 Å². The Morgan fingerprint density at radius 1 is 0.955 bits per heavy atom. The van der Waals surface area contributed by atoms with Gasteiger partial charge in [0.2, 0.25) is 0 Å². The van der Waals surface area contributed by atoms with Gasteiger partial charge in [-0.05, 0) is 35.4 Å². The molecule has 0 atom stereocenters. The molecule has 0 amide bonds. The maximum atomic E-state index is 6.15. The second-order valence-electron chi connectivity index (χ2n) is 5.46. The smallest absolute Gasteiger partial charge is 0.0707 e. The highest BCUT2D eigenvalue weighted by Crippen LogP contribution is 2.23. The Hall–Kier alpha value is -2.81. The molecule has 3 aromatic rings. The minimum Gasteiger partial charge on any atom is -0.398 e. The first kappa shape index (κ1) is 14.1. The lowest BCUT2D eigenvalue weighted by Crippen LogP contribution is -2.08. The van der Waals surface area contributed by atoms with Crippen molar-refractivity contribution in [1.82, 2.24) is 4.98 Å². The fraction of sp³-hybridized carbons (Fsp3) is 0.105. The quantitative estimate of drug-likeness (QED) is 0.739. The third-order valence-corrected chi connectivity index (χ3v) is 3.71. The number of nitrogens with zero attached hydrogens (tertiary/aromatic N) is 2. The van der Waals surface area contributed by atoms with Crippen molar-refractivity contribution in [3.05, 3.63) is 65.9 Å². The van der Waals surface area contributed by atoms with Crippen LogP contribution in [-0.2, 0) is 0 Å². The van der Waals surface area contributed by atoms with Gasteiger partial charge in [0.05, 0.1) is 5.52 Å². The summed E-state index contributed by atoms with van der Waals surface area (Å²) in [7, 11) is 4.01. The number of hydrogen-bond acceptors (Lipinski definition) is 3. The van der Waals surface area contributed by atoms with E-state index in [0.717, 1.165) is 33.4 Å². The van der Waals surface area contributed by atoms with Crippen LogP contribution in [-0.4, -0.2) is 19.1 Å². The van der Waals surface area contributed by atoms with Gasteiger partial charge < -0.3 is 10.6 Å². The highest BCUT2D eigenvalue weighted by Gasteiger charge is 2.01. The van der Waals surface area contributed by atoms with Crippen LogP contribution >= 0.6 is 0 Å². The Labute approximate surface area is 130 Å². The van der Waals surface area contributed by atoms with Crippen LogP contribution in [0.4, 0.5) is 11.4 Å². The highest BCUT2D eigenvalue weighted by atomic mass is 15.1. The number of rotatable bonds is 3. The fourth-order valence-electron chi connectivity index (χ4n) is 2.43. The number of fused-ring (bicyclic) bond motifs is 1. The largest absolute Gasteiger partial charge is 0.398 e. The van der Waals surface area contributed by atoms with E-state index in [-0.39, 0.29) is 0 Å². The maximum absolute atomic E-state index is 6.15. The SMILES string of the molecule is CN(C)c1ccc(/C=C/c2ccnc3ccccc23)c(N)c1. The molecule has 0 aliphatic rings. The van der Waals surface area contributed by atoms with Crippen molar-refractivity contribution in [2.75, 3.05) is 24.7 Å². The molecule has 1 heterocycles. The van der Waals surface area contributed by atoms with E-state index in [9.17, 15) is 0 Å². The van der Waals surface area contributed by atoms with Gasteiger partial charge in [-0.1, -0.05) is 36.4 Å². The van der Waals surface area contributed by atoms with E-state index in [0.29, 0.717) is 0 Å². The van der Waals surface area contributed by atoms with E-state index < -0.39 is 0 Å².